The van der Waals surface area contributed by atoms with Crippen LogP contribution in [-0.4, -0.2) is 74.3 Å². The van der Waals surface area contributed by atoms with Gasteiger partial charge in [-0.15, -0.1) is 0 Å². The van der Waals surface area contributed by atoms with Gasteiger partial charge in [-0.25, -0.2) is 4.57 Å². The summed E-state index contributed by atoms with van der Waals surface area (Å²) in [5.41, 5.74) is 0. The zero-order valence-corrected chi connectivity index (χ0v) is 60.9. The summed E-state index contributed by atoms with van der Waals surface area (Å²) in [5.74, 6) is -0.477. The molecule has 0 spiro atoms. The first-order valence-electron chi connectivity index (χ1n) is 39.2. The number of hydrogen-bond donors (Lipinski definition) is 2. The van der Waals surface area contributed by atoms with E-state index >= 15 is 0 Å². The van der Waals surface area contributed by atoms with Crippen LogP contribution in [-0.2, 0) is 27.9 Å². The molecule has 10 heteroatoms. The van der Waals surface area contributed by atoms with E-state index in [1.807, 2.05) is 27.2 Å². The topological polar surface area (TPSA) is 111 Å². The Hall–Kier alpha value is -1.51. The standard InChI is InChI=1S/C78H153N2O7P/c1-7-10-13-16-19-22-25-28-30-32-34-36-38-39-40-41-43-45-47-49-51-53-56-59-62-65-68-71-78(82)87-76(69-66-63-60-57-54-27-24-21-18-15-12-9-3)75(74-86-88(83,84)85-73-72-80(4,5)6)79-77(81)70-67-64-61-58-55-52-50-48-46-44-42-37-35-33-31-29-26-23-20-17-14-11-8-2/h28,30,66,69,75-76H,7-27,29,31-65,67-68,70-74H2,1-6H3,(H-,79,81,83,84)/p+1/b30-28+,69-66+. The van der Waals surface area contributed by atoms with E-state index in [9.17, 15) is 19.0 Å². The molecule has 0 aliphatic carbocycles. The summed E-state index contributed by atoms with van der Waals surface area (Å²) in [5, 5.41) is 3.09. The molecular formula is C78H154N2O7P+. The highest BCUT2D eigenvalue weighted by atomic mass is 31.2. The van der Waals surface area contributed by atoms with Crippen molar-refractivity contribution in [3.8, 4) is 0 Å². The number of nitrogens with one attached hydrogen (secondary N) is 1. The quantitative estimate of drug-likeness (QED) is 0.0205. The van der Waals surface area contributed by atoms with Crippen LogP contribution in [0.3, 0.4) is 0 Å². The summed E-state index contributed by atoms with van der Waals surface area (Å²) < 4.78 is 30.9. The third-order valence-corrected chi connectivity index (χ3v) is 19.1. The van der Waals surface area contributed by atoms with Gasteiger partial charge in [0, 0.05) is 12.8 Å². The molecule has 0 radical (unpaired) electrons. The predicted octanol–water partition coefficient (Wildman–Crippen LogP) is 25.2. The van der Waals surface area contributed by atoms with Crippen LogP contribution >= 0.6 is 7.82 Å². The number of esters is 1. The number of quaternary nitrogens is 1. The minimum absolute atomic E-state index is 0.0451. The monoisotopic (exact) mass is 1260 g/mol. The van der Waals surface area contributed by atoms with Crippen LogP contribution < -0.4 is 5.32 Å². The van der Waals surface area contributed by atoms with Crippen molar-refractivity contribution in [3.05, 3.63) is 24.3 Å². The molecule has 522 valence electrons. The van der Waals surface area contributed by atoms with Crippen LogP contribution in [0.15, 0.2) is 24.3 Å². The van der Waals surface area contributed by atoms with E-state index < -0.39 is 20.0 Å². The van der Waals surface area contributed by atoms with Crippen molar-refractivity contribution in [2.45, 2.75) is 425 Å². The van der Waals surface area contributed by atoms with Gasteiger partial charge in [0.15, 0.2) is 0 Å². The maximum absolute atomic E-state index is 13.6. The number of nitrogens with zero attached hydrogens (tertiary/aromatic N) is 1. The average molecular weight is 1260 g/mol. The number of allylic oxidation sites excluding steroid dienone is 3. The number of amides is 1. The Morgan fingerprint density at radius 2 is 0.659 bits per heavy atom. The van der Waals surface area contributed by atoms with Gasteiger partial charge in [0.05, 0.1) is 33.8 Å². The van der Waals surface area contributed by atoms with Crippen molar-refractivity contribution < 1.29 is 37.3 Å². The molecule has 0 saturated carbocycles. The van der Waals surface area contributed by atoms with Crippen molar-refractivity contribution in [3.63, 3.8) is 0 Å². The van der Waals surface area contributed by atoms with Crippen LogP contribution in [0.25, 0.3) is 0 Å². The molecule has 0 rings (SSSR count). The number of carbonyl (C=O) groups is 2. The Labute approximate surface area is 549 Å². The third kappa shape index (κ3) is 68.8. The number of unbranched alkanes of at least 4 members (excludes halogenated alkanes) is 55. The number of ether oxygens (including phenoxy) is 1. The number of rotatable bonds is 73. The van der Waals surface area contributed by atoms with Crippen LogP contribution in [0.1, 0.15) is 412 Å². The second-order valence-corrected chi connectivity index (χ2v) is 29.7. The van der Waals surface area contributed by atoms with Gasteiger partial charge in [0.1, 0.15) is 19.3 Å². The van der Waals surface area contributed by atoms with E-state index in [1.54, 1.807) is 0 Å². The number of hydrogen-bond acceptors (Lipinski definition) is 6. The lowest BCUT2D eigenvalue weighted by atomic mass is 10.0. The molecule has 88 heavy (non-hydrogen) atoms. The first-order chi connectivity index (χ1) is 42.9. The van der Waals surface area contributed by atoms with Gasteiger partial charge in [-0.3, -0.25) is 18.6 Å². The fraction of sp³-hybridized carbons (Fsp3) is 0.923. The van der Waals surface area contributed by atoms with E-state index in [0.717, 1.165) is 57.8 Å². The molecule has 0 heterocycles. The van der Waals surface area contributed by atoms with Crippen molar-refractivity contribution in [1.82, 2.24) is 5.32 Å². The molecule has 2 N–H and O–H groups in total. The Bertz CT molecular complexity index is 1550. The van der Waals surface area contributed by atoms with Gasteiger partial charge in [-0.1, -0.05) is 366 Å². The molecule has 0 saturated heterocycles. The molecule has 3 atom stereocenters. The van der Waals surface area contributed by atoms with E-state index in [1.165, 1.54) is 321 Å². The smallest absolute Gasteiger partial charge is 0.456 e. The molecule has 9 nitrogen and oxygen atoms in total. The van der Waals surface area contributed by atoms with E-state index in [-0.39, 0.29) is 25.1 Å². The van der Waals surface area contributed by atoms with E-state index in [2.05, 4.69) is 44.3 Å². The molecule has 0 fully saturated rings. The second-order valence-electron chi connectivity index (χ2n) is 28.2. The zero-order valence-electron chi connectivity index (χ0n) is 60.0. The molecule has 0 aromatic heterocycles. The zero-order chi connectivity index (χ0) is 64.2. The number of likely N-dealkylation sites (N-methyl/N-ethyl adjacent to an activating group) is 1. The molecule has 1 amide bonds. The Morgan fingerprint density at radius 1 is 0.386 bits per heavy atom. The number of carbonyl (C=O) groups excluding carboxylic acids is 2. The SMILES string of the molecule is CCCCCCCC/C=C/CCCCCCCCCCCCCCCCCCCC(=O)OC(/C=C/CCCCCCCCCCCC)C(COP(=O)(O)OCC[N+](C)(C)C)NC(=O)CCCCCCCCCCCCCCCCCCCCCCCCC. The molecule has 0 aliphatic heterocycles. The average Bonchev–Trinajstić information content (AvgIpc) is 3.61. The second kappa shape index (κ2) is 68.4. The first kappa shape index (κ1) is 86.5. The fourth-order valence-corrected chi connectivity index (χ4v) is 12.9. The predicted molar refractivity (Wildman–Crippen MR) is 383 cm³/mol. The Balaban J connectivity index is 4.90. The summed E-state index contributed by atoms with van der Waals surface area (Å²) in [6.45, 7) is 7.09. The van der Waals surface area contributed by atoms with Gasteiger partial charge >= 0.3 is 13.8 Å². The summed E-state index contributed by atoms with van der Waals surface area (Å²) in [6, 6.07) is -0.843. The normalized spacial score (nSPS) is 13.5. The first-order valence-corrected chi connectivity index (χ1v) is 40.7. The van der Waals surface area contributed by atoms with E-state index in [4.69, 9.17) is 13.8 Å². The van der Waals surface area contributed by atoms with Crippen molar-refractivity contribution in [1.29, 1.82) is 0 Å². The highest BCUT2D eigenvalue weighted by Crippen LogP contribution is 2.43. The summed E-state index contributed by atoms with van der Waals surface area (Å²) in [7, 11) is 1.52. The number of phosphoric acid groups is 1. The maximum atomic E-state index is 13.6. The van der Waals surface area contributed by atoms with Gasteiger partial charge in [-0.2, -0.15) is 0 Å². The van der Waals surface area contributed by atoms with Gasteiger partial charge < -0.3 is 19.4 Å². The molecule has 0 aromatic rings. The van der Waals surface area contributed by atoms with Crippen molar-refractivity contribution in [2.75, 3.05) is 40.9 Å². The lowest BCUT2D eigenvalue weighted by Gasteiger charge is -2.27. The van der Waals surface area contributed by atoms with Gasteiger partial charge in [0.25, 0.3) is 0 Å². The van der Waals surface area contributed by atoms with Crippen LogP contribution in [0.2, 0.25) is 0 Å². The van der Waals surface area contributed by atoms with Crippen LogP contribution in [0.5, 0.6) is 0 Å². The highest BCUT2D eigenvalue weighted by Gasteiger charge is 2.30. The summed E-state index contributed by atoms with van der Waals surface area (Å²) in [4.78, 5) is 38.0. The van der Waals surface area contributed by atoms with Crippen LogP contribution in [0, 0.1) is 0 Å². The highest BCUT2D eigenvalue weighted by molar-refractivity contribution is 7.47. The molecule has 0 aromatic carbocycles. The largest absolute Gasteiger partial charge is 0.472 e. The Kier molecular flexibility index (Phi) is 67.2. The minimum Gasteiger partial charge on any atom is -0.456 e. The van der Waals surface area contributed by atoms with Crippen molar-refractivity contribution in [2.24, 2.45) is 0 Å². The van der Waals surface area contributed by atoms with Crippen molar-refractivity contribution >= 4 is 19.7 Å². The van der Waals surface area contributed by atoms with Gasteiger partial charge in [0.2, 0.25) is 5.91 Å². The summed E-state index contributed by atoms with van der Waals surface area (Å²) >= 11 is 0. The van der Waals surface area contributed by atoms with Crippen LogP contribution in [0.4, 0.5) is 0 Å². The molecule has 3 unspecified atom stereocenters. The lowest BCUT2D eigenvalue weighted by Crippen LogP contribution is -2.47. The molecular weight excluding hydrogens is 1110 g/mol. The minimum atomic E-state index is -4.45. The van der Waals surface area contributed by atoms with Gasteiger partial charge in [-0.05, 0) is 57.4 Å². The Morgan fingerprint density at radius 3 is 0.966 bits per heavy atom. The maximum Gasteiger partial charge on any atom is 0.472 e. The summed E-state index contributed by atoms with van der Waals surface area (Å²) in [6.07, 6.45) is 85.0. The third-order valence-electron chi connectivity index (χ3n) is 18.1. The molecule has 0 aliphatic rings. The molecule has 0 bridgehead atoms. The van der Waals surface area contributed by atoms with E-state index in [0.29, 0.717) is 23.9 Å². The number of phosphoric ester groups is 1. The fourth-order valence-electron chi connectivity index (χ4n) is 12.1. The lowest BCUT2D eigenvalue weighted by molar-refractivity contribution is -0.870.